The fraction of sp³-hybridized carbons (Fsp3) is 0.125. The van der Waals surface area contributed by atoms with Crippen molar-refractivity contribution in [3.8, 4) is 0 Å². The van der Waals surface area contributed by atoms with Crippen LogP contribution >= 0.6 is 11.3 Å². The molecule has 0 saturated heterocycles. The Hall–Kier alpha value is -2.13. The number of amides is 3. The first-order valence-electron chi connectivity index (χ1n) is 4.28. The fourth-order valence-corrected chi connectivity index (χ4v) is 1.65. The average molecular weight is 259 g/mol. The number of hydroxylamine groups is 1. The van der Waals surface area contributed by atoms with Gasteiger partial charge in [0.25, 0.3) is 0 Å². The number of aromatic carboxylic acids is 1. The molecule has 0 saturated carbocycles. The van der Waals surface area contributed by atoms with Gasteiger partial charge in [0, 0.05) is 0 Å². The van der Waals surface area contributed by atoms with E-state index in [4.69, 9.17) is 10.8 Å². The van der Waals surface area contributed by atoms with Crippen molar-refractivity contribution in [3.05, 3.63) is 17.0 Å². The van der Waals surface area contributed by atoms with E-state index < -0.39 is 24.5 Å². The fourth-order valence-electron chi connectivity index (χ4n) is 0.876. The molecule has 17 heavy (non-hydrogen) atoms. The van der Waals surface area contributed by atoms with Crippen LogP contribution in [0.15, 0.2) is 11.4 Å². The van der Waals surface area contributed by atoms with E-state index in [1.807, 2.05) is 5.48 Å². The summed E-state index contributed by atoms with van der Waals surface area (Å²) in [6.45, 7) is -0.469. The van der Waals surface area contributed by atoms with Crippen LogP contribution in [-0.2, 0) is 9.63 Å². The molecule has 8 nitrogen and oxygen atoms in total. The number of carboxylic acids is 1. The predicted molar refractivity (Wildman–Crippen MR) is 58.6 cm³/mol. The Bertz CT molecular complexity index is 444. The van der Waals surface area contributed by atoms with E-state index in [2.05, 4.69) is 10.2 Å². The summed E-state index contributed by atoms with van der Waals surface area (Å²) in [6, 6.07) is 0.559. The molecule has 0 aliphatic carbocycles. The molecular weight excluding hydrogens is 250 g/mol. The SMILES string of the molecule is NC(=O)CONC(=O)Nc1sccc1C(=O)O. The summed E-state index contributed by atoms with van der Waals surface area (Å²) in [5.41, 5.74) is 6.62. The normalized spacial score (nSPS) is 9.65. The maximum atomic E-state index is 11.2. The number of carbonyl (C=O) groups excluding carboxylic acids is 2. The van der Waals surface area contributed by atoms with Gasteiger partial charge in [-0.2, -0.15) is 0 Å². The van der Waals surface area contributed by atoms with Gasteiger partial charge in [0.2, 0.25) is 5.91 Å². The number of thiophene rings is 1. The molecule has 1 heterocycles. The van der Waals surface area contributed by atoms with Crippen LogP contribution in [0.5, 0.6) is 0 Å². The van der Waals surface area contributed by atoms with Gasteiger partial charge in [-0.05, 0) is 11.4 Å². The van der Waals surface area contributed by atoms with Gasteiger partial charge in [-0.1, -0.05) is 0 Å². The number of primary amides is 1. The van der Waals surface area contributed by atoms with Gasteiger partial charge >= 0.3 is 12.0 Å². The molecule has 0 bridgehead atoms. The molecule has 0 aliphatic rings. The molecule has 0 aliphatic heterocycles. The zero-order valence-corrected chi connectivity index (χ0v) is 9.24. The van der Waals surface area contributed by atoms with E-state index in [1.54, 1.807) is 0 Å². The van der Waals surface area contributed by atoms with Crippen molar-refractivity contribution in [1.82, 2.24) is 5.48 Å². The van der Waals surface area contributed by atoms with Crippen LogP contribution in [0.4, 0.5) is 9.80 Å². The summed E-state index contributed by atoms with van der Waals surface area (Å²) >= 11 is 1.05. The van der Waals surface area contributed by atoms with Crippen LogP contribution in [0.25, 0.3) is 0 Å². The molecule has 0 radical (unpaired) electrons. The molecule has 92 valence electrons. The lowest BCUT2D eigenvalue weighted by Gasteiger charge is -2.05. The van der Waals surface area contributed by atoms with Gasteiger partial charge in [-0.15, -0.1) is 11.3 Å². The van der Waals surface area contributed by atoms with Gasteiger partial charge < -0.3 is 10.8 Å². The van der Waals surface area contributed by atoms with Crippen molar-refractivity contribution in [3.63, 3.8) is 0 Å². The molecule has 5 N–H and O–H groups in total. The zero-order chi connectivity index (χ0) is 12.8. The maximum Gasteiger partial charge on any atom is 0.343 e. The minimum absolute atomic E-state index is 0.0277. The molecule has 0 spiro atoms. The molecule has 1 rings (SSSR count). The molecule has 9 heteroatoms. The third-order valence-electron chi connectivity index (χ3n) is 1.50. The predicted octanol–water partition coefficient (Wildman–Crippen LogP) is -0.0153. The largest absolute Gasteiger partial charge is 0.478 e. The number of nitrogens with two attached hydrogens (primary N) is 1. The Kier molecular flexibility index (Phi) is 4.43. The smallest absolute Gasteiger partial charge is 0.343 e. The molecule has 0 unspecified atom stereocenters. The molecule has 1 aromatic heterocycles. The summed E-state index contributed by atoms with van der Waals surface area (Å²) in [7, 11) is 0. The molecule has 0 fully saturated rings. The Morgan fingerprint density at radius 1 is 1.47 bits per heavy atom. The van der Waals surface area contributed by atoms with E-state index in [0.29, 0.717) is 0 Å². The second-order valence-electron chi connectivity index (χ2n) is 2.78. The highest BCUT2D eigenvalue weighted by molar-refractivity contribution is 7.14. The zero-order valence-electron chi connectivity index (χ0n) is 8.43. The lowest BCUT2D eigenvalue weighted by atomic mass is 10.3. The van der Waals surface area contributed by atoms with E-state index in [0.717, 1.165) is 11.3 Å². The number of nitrogens with one attached hydrogen (secondary N) is 2. The Balaban J connectivity index is 2.48. The van der Waals surface area contributed by atoms with Crippen LogP contribution in [-0.4, -0.2) is 29.6 Å². The summed E-state index contributed by atoms with van der Waals surface area (Å²) in [5.74, 6) is -1.90. The second-order valence-corrected chi connectivity index (χ2v) is 3.70. The first-order valence-corrected chi connectivity index (χ1v) is 5.16. The molecule has 0 aromatic carbocycles. The number of anilines is 1. The number of carbonyl (C=O) groups is 3. The van der Waals surface area contributed by atoms with E-state index in [1.165, 1.54) is 11.4 Å². The van der Waals surface area contributed by atoms with Crippen molar-refractivity contribution < 1.29 is 24.3 Å². The van der Waals surface area contributed by atoms with Crippen LogP contribution in [0.2, 0.25) is 0 Å². The first-order chi connectivity index (χ1) is 8.00. The number of hydrogen-bond acceptors (Lipinski definition) is 5. The Morgan fingerprint density at radius 2 is 2.18 bits per heavy atom. The summed E-state index contributed by atoms with van der Waals surface area (Å²) in [4.78, 5) is 36.6. The molecule has 1 aromatic rings. The van der Waals surface area contributed by atoms with Crippen molar-refractivity contribution >= 4 is 34.2 Å². The summed E-state index contributed by atoms with van der Waals surface area (Å²) in [6.07, 6.45) is 0. The lowest BCUT2D eigenvalue weighted by molar-refractivity contribution is -0.124. The van der Waals surface area contributed by atoms with E-state index in [9.17, 15) is 14.4 Å². The van der Waals surface area contributed by atoms with Gasteiger partial charge in [-0.25, -0.2) is 15.1 Å². The molecule has 0 atom stereocenters. The van der Waals surface area contributed by atoms with E-state index in [-0.39, 0.29) is 10.6 Å². The number of carboxylic acid groups (broad SMARTS) is 1. The van der Waals surface area contributed by atoms with Crippen molar-refractivity contribution in [2.24, 2.45) is 5.73 Å². The minimum atomic E-state index is -1.15. The standard InChI is InChI=1S/C8H9N3O5S/c9-5(12)3-16-11-8(15)10-6-4(7(13)14)1-2-17-6/h1-2H,3H2,(H2,9,12)(H,13,14)(H2,10,11,15). The molecular formula is C8H9N3O5S. The second kappa shape index (κ2) is 5.82. The highest BCUT2D eigenvalue weighted by Gasteiger charge is 2.13. The van der Waals surface area contributed by atoms with Crippen LogP contribution in [0.1, 0.15) is 10.4 Å². The highest BCUT2D eigenvalue weighted by Crippen LogP contribution is 2.22. The third-order valence-corrected chi connectivity index (χ3v) is 2.33. The van der Waals surface area contributed by atoms with Crippen LogP contribution in [0.3, 0.4) is 0 Å². The Labute approximate surface area is 99.3 Å². The summed E-state index contributed by atoms with van der Waals surface area (Å²) < 4.78 is 0. The summed E-state index contributed by atoms with van der Waals surface area (Å²) in [5, 5.41) is 12.7. The van der Waals surface area contributed by atoms with Crippen molar-refractivity contribution in [2.75, 3.05) is 11.9 Å². The molecule has 3 amide bonds. The van der Waals surface area contributed by atoms with Crippen molar-refractivity contribution in [2.45, 2.75) is 0 Å². The van der Waals surface area contributed by atoms with Crippen LogP contribution < -0.4 is 16.5 Å². The maximum absolute atomic E-state index is 11.2. The third kappa shape index (κ3) is 4.09. The number of hydrogen-bond donors (Lipinski definition) is 4. The van der Waals surface area contributed by atoms with Gasteiger partial charge in [0.05, 0.1) is 5.56 Å². The van der Waals surface area contributed by atoms with E-state index >= 15 is 0 Å². The number of urea groups is 1. The Morgan fingerprint density at radius 3 is 2.76 bits per heavy atom. The van der Waals surface area contributed by atoms with Gasteiger partial charge in [0.15, 0.2) is 6.61 Å². The highest BCUT2D eigenvalue weighted by atomic mass is 32.1. The van der Waals surface area contributed by atoms with Gasteiger partial charge in [0.1, 0.15) is 5.00 Å². The van der Waals surface area contributed by atoms with Crippen molar-refractivity contribution in [1.29, 1.82) is 0 Å². The van der Waals surface area contributed by atoms with Crippen LogP contribution in [0, 0.1) is 0 Å². The average Bonchev–Trinajstić information content (AvgIpc) is 2.65. The quantitative estimate of drug-likeness (QED) is 0.552. The minimum Gasteiger partial charge on any atom is -0.478 e. The lowest BCUT2D eigenvalue weighted by Crippen LogP contribution is -2.32. The first kappa shape index (κ1) is 12.9. The van der Waals surface area contributed by atoms with Gasteiger partial charge in [-0.3, -0.25) is 14.9 Å². The number of rotatable bonds is 5. The topological polar surface area (TPSA) is 131 Å². The monoisotopic (exact) mass is 259 g/mol.